The van der Waals surface area contributed by atoms with Gasteiger partial charge in [-0.25, -0.2) is 4.98 Å². The summed E-state index contributed by atoms with van der Waals surface area (Å²) in [6, 6.07) is 10.7. The number of amides is 1. The smallest absolute Gasteiger partial charge is 0.256 e. The number of unbranched alkanes of at least 4 members (excludes halogenated alkanes) is 1. The molecule has 0 aliphatic heterocycles. The van der Waals surface area contributed by atoms with E-state index in [0.717, 1.165) is 23.1 Å². The van der Waals surface area contributed by atoms with Crippen LogP contribution in [-0.2, 0) is 0 Å². The first-order valence-electron chi connectivity index (χ1n) is 6.85. The minimum Gasteiger partial charge on any atom is -0.494 e. The lowest BCUT2D eigenvalue weighted by Gasteiger charge is -2.07. The van der Waals surface area contributed by atoms with Crippen molar-refractivity contribution >= 4 is 27.7 Å². The van der Waals surface area contributed by atoms with E-state index < -0.39 is 0 Å². The van der Waals surface area contributed by atoms with Gasteiger partial charge in [-0.05, 0) is 58.7 Å². The molecule has 0 radical (unpaired) electrons. The number of benzene rings is 1. The van der Waals surface area contributed by atoms with Crippen LogP contribution in [0.1, 0.15) is 30.1 Å². The Morgan fingerprint density at radius 1 is 1.24 bits per heavy atom. The highest BCUT2D eigenvalue weighted by Crippen LogP contribution is 2.15. The molecule has 0 saturated carbocycles. The zero-order valence-electron chi connectivity index (χ0n) is 11.8. The minimum atomic E-state index is -0.190. The fraction of sp³-hybridized carbons (Fsp3) is 0.250. The average molecular weight is 349 g/mol. The summed E-state index contributed by atoms with van der Waals surface area (Å²) >= 11 is 3.30. The number of pyridine rings is 1. The van der Waals surface area contributed by atoms with Gasteiger partial charge in [0.15, 0.2) is 0 Å². The Labute approximate surface area is 132 Å². The lowest BCUT2D eigenvalue weighted by Crippen LogP contribution is -2.12. The molecule has 0 spiro atoms. The molecule has 0 saturated heterocycles. The summed E-state index contributed by atoms with van der Waals surface area (Å²) in [5.74, 6) is 1.11. The largest absolute Gasteiger partial charge is 0.494 e. The number of hydrogen-bond acceptors (Lipinski definition) is 3. The maximum atomic E-state index is 12.1. The van der Waals surface area contributed by atoms with Gasteiger partial charge in [0.2, 0.25) is 0 Å². The Bertz CT molecular complexity index is 582. The SMILES string of the molecule is CCCCOc1ccc(C(=O)Nc2ccc(Br)cn2)cc1. The number of nitrogens with one attached hydrogen (secondary N) is 1. The van der Waals surface area contributed by atoms with Crippen LogP contribution in [0.3, 0.4) is 0 Å². The molecule has 5 heteroatoms. The third kappa shape index (κ3) is 4.86. The summed E-state index contributed by atoms with van der Waals surface area (Å²) in [7, 11) is 0. The highest BCUT2D eigenvalue weighted by atomic mass is 79.9. The predicted molar refractivity (Wildman–Crippen MR) is 86.7 cm³/mol. The molecule has 0 aliphatic rings. The van der Waals surface area contributed by atoms with Crippen molar-refractivity contribution in [2.24, 2.45) is 0 Å². The van der Waals surface area contributed by atoms with E-state index in [-0.39, 0.29) is 5.91 Å². The van der Waals surface area contributed by atoms with Crippen LogP contribution in [0.4, 0.5) is 5.82 Å². The van der Waals surface area contributed by atoms with E-state index >= 15 is 0 Å². The van der Waals surface area contributed by atoms with Gasteiger partial charge in [0, 0.05) is 16.2 Å². The Kier molecular flexibility index (Phi) is 5.75. The summed E-state index contributed by atoms with van der Waals surface area (Å²) in [4.78, 5) is 16.2. The molecule has 2 rings (SSSR count). The number of halogens is 1. The van der Waals surface area contributed by atoms with Gasteiger partial charge in [0.25, 0.3) is 5.91 Å². The zero-order valence-corrected chi connectivity index (χ0v) is 13.4. The average Bonchev–Trinajstić information content (AvgIpc) is 2.50. The predicted octanol–water partition coefficient (Wildman–Crippen LogP) is 4.28. The first-order chi connectivity index (χ1) is 10.2. The van der Waals surface area contributed by atoms with Gasteiger partial charge in [-0.3, -0.25) is 4.79 Å². The molecule has 0 unspecified atom stereocenters. The van der Waals surface area contributed by atoms with Gasteiger partial charge in [0.05, 0.1) is 6.61 Å². The summed E-state index contributed by atoms with van der Waals surface area (Å²) in [6.07, 6.45) is 3.76. The molecule has 1 N–H and O–H groups in total. The number of aromatic nitrogens is 1. The van der Waals surface area contributed by atoms with Crippen LogP contribution < -0.4 is 10.1 Å². The third-order valence-electron chi connectivity index (χ3n) is 2.85. The number of nitrogens with zero attached hydrogens (tertiary/aromatic N) is 1. The normalized spacial score (nSPS) is 10.2. The van der Waals surface area contributed by atoms with Gasteiger partial charge in [0.1, 0.15) is 11.6 Å². The molecule has 0 atom stereocenters. The Morgan fingerprint density at radius 3 is 2.62 bits per heavy atom. The summed E-state index contributed by atoms with van der Waals surface area (Å²) < 4.78 is 6.43. The first-order valence-corrected chi connectivity index (χ1v) is 7.64. The lowest BCUT2D eigenvalue weighted by atomic mass is 10.2. The summed E-state index contributed by atoms with van der Waals surface area (Å²) in [5.41, 5.74) is 0.572. The second-order valence-electron chi connectivity index (χ2n) is 4.54. The van der Waals surface area contributed by atoms with Crippen molar-refractivity contribution in [3.63, 3.8) is 0 Å². The van der Waals surface area contributed by atoms with Crippen LogP contribution in [-0.4, -0.2) is 17.5 Å². The second kappa shape index (κ2) is 7.78. The molecule has 1 aromatic carbocycles. The molecule has 4 nitrogen and oxygen atoms in total. The molecule has 0 aliphatic carbocycles. The molecular weight excluding hydrogens is 332 g/mol. The lowest BCUT2D eigenvalue weighted by molar-refractivity contribution is 0.102. The Morgan fingerprint density at radius 2 is 2.00 bits per heavy atom. The Hall–Kier alpha value is -1.88. The topological polar surface area (TPSA) is 51.2 Å². The van der Waals surface area contributed by atoms with Crippen molar-refractivity contribution in [1.82, 2.24) is 4.98 Å². The van der Waals surface area contributed by atoms with E-state index in [1.54, 1.807) is 36.5 Å². The second-order valence-corrected chi connectivity index (χ2v) is 5.46. The molecule has 21 heavy (non-hydrogen) atoms. The zero-order chi connectivity index (χ0) is 15.1. The van der Waals surface area contributed by atoms with Crippen LogP contribution >= 0.6 is 15.9 Å². The third-order valence-corrected chi connectivity index (χ3v) is 3.32. The van der Waals surface area contributed by atoms with Crippen LogP contribution in [0.2, 0.25) is 0 Å². The highest BCUT2D eigenvalue weighted by Gasteiger charge is 2.07. The molecule has 0 fully saturated rings. The summed E-state index contributed by atoms with van der Waals surface area (Å²) in [5, 5.41) is 2.75. The monoisotopic (exact) mass is 348 g/mol. The molecule has 1 aromatic heterocycles. The van der Waals surface area contributed by atoms with Crippen molar-refractivity contribution in [1.29, 1.82) is 0 Å². The van der Waals surface area contributed by atoms with E-state index in [9.17, 15) is 4.79 Å². The molecule has 2 aromatic rings. The molecule has 110 valence electrons. The number of anilines is 1. The minimum absolute atomic E-state index is 0.190. The number of hydrogen-bond donors (Lipinski definition) is 1. The van der Waals surface area contributed by atoms with Gasteiger partial charge in [-0.2, -0.15) is 0 Å². The number of rotatable bonds is 6. The van der Waals surface area contributed by atoms with Crippen molar-refractivity contribution in [3.05, 3.63) is 52.6 Å². The van der Waals surface area contributed by atoms with Crippen molar-refractivity contribution in [2.45, 2.75) is 19.8 Å². The fourth-order valence-electron chi connectivity index (χ4n) is 1.68. The van der Waals surface area contributed by atoms with Gasteiger partial charge in [-0.1, -0.05) is 13.3 Å². The van der Waals surface area contributed by atoms with E-state index in [1.165, 1.54) is 0 Å². The number of carbonyl (C=O) groups excluding carboxylic acids is 1. The maximum absolute atomic E-state index is 12.1. The van der Waals surface area contributed by atoms with Gasteiger partial charge >= 0.3 is 0 Å². The van der Waals surface area contributed by atoms with Crippen molar-refractivity contribution < 1.29 is 9.53 Å². The number of ether oxygens (including phenoxy) is 1. The molecule has 1 amide bonds. The number of carbonyl (C=O) groups is 1. The molecule has 0 bridgehead atoms. The van der Waals surface area contributed by atoms with E-state index in [2.05, 4.69) is 33.2 Å². The maximum Gasteiger partial charge on any atom is 0.256 e. The first kappa shape index (κ1) is 15.5. The van der Waals surface area contributed by atoms with Crippen LogP contribution in [0.15, 0.2) is 47.1 Å². The van der Waals surface area contributed by atoms with E-state index in [4.69, 9.17) is 4.74 Å². The van der Waals surface area contributed by atoms with Crippen LogP contribution in [0, 0.1) is 0 Å². The molecule has 1 heterocycles. The highest BCUT2D eigenvalue weighted by molar-refractivity contribution is 9.10. The van der Waals surface area contributed by atoms with E-state index in [1.807, 2.05) is 6.07 Å². The molecular formula is C16H17BrN2O2. The standard InChI is InChI=1S/C16H17BrN2O2/c1-2-3-10-21-14-7-4-12(5-8-14)16(20)19-15-9-6-13(17)11-18-15/h4-9,11H,2-3,10H2,1H3,(H,18,19,20). The fourth-order valence-corrected chi connectivity index (χ4v) is 1.91. The van der Waals surface area contributed by atoms with Crippen LogP contribution in [0.25, 0.3) is 0 Å². The van der Waals surface area contributed by atoms with Gasteiger partial charge < -0.3 is 10.1 Å². The quantitative estimate of drug-likeness (QED) is 0.792. The van der Waals surface area contributed by atoms with E-state index in [0.29, 0.717) is 18.0 Å². The Balaban J connectivity index is 1.94. The van der Waals surface area contributed by atoms with Crippen molar-refractivity contribution in [2.75, 3.05) is 11.9 Å². The summed E-state index contributed by atoms with van der Waals surface area (Å²) in [6.45, 7) is 2.82. The van der Waals surface area contributed by atoms with Gasteiger partial charge in [-0.15, -0.1) is 0 Å². The van der Waals surface area contributed by atoms with Crippen LogP contribution in [0.5, 0.6) is 5.75 Å². The van der Waals surface area contributed by atoms with Crippen molar-refractivity contribution in [3.8, 4) is 5.75 Å².